The van der Waals surface area contributed by atoms with Gasteiger partial charge in [-0.3, -0.25) is 4.98 Å². The van der Waals surface area contributed by atoms with Gasteiger partial charge in [-0.25, -0.2) is 0 Å². The van der Waals surface area contributed by atoms with Crippen molar-refractivity contribution in [2.45, 2.75) is 18.5 Å². The van der Waals surface area contributed by atoms with Crippen LogP contribution in [0, 0.1) is 0 Å². The topological polar surface area (TPSA) is 51.5 Å². The van der Waals surface area contributed by atoms with Gasteiger partial charge < -0.3 is 24.3 Å². The van der Waals surface area contributed by atoms with E-state index in [1.165, 1.54) is 0 Å². The molecule has 7 heteroatoms. The fraction of sp³-hybridized carbons (Fsp3) is 0.304. The lowest BCUT2D eigenvalue weighted by Gasteiger charge is -2.29. The molecule has 4 rings (SSSR count). The molecule has 3 aromatic rings. The highest BCUT2D eigenvalue weighted by Crippen LogP contribution is 2.40. The average molecular weight is 423 g/mol. The van der Waals surface area contributed by atoms with Crippen molar-refractivity contribution in [3.8, 4) is 11.4 Å². The number of rotatable bonds is 8. The standard InChI is InChI=1S/C23H26N4O2S/c1-28-16-8-15-27-22(21(25-23(27)30)17-9-5-6-13-24-17)19-11-7-14-26(19)18-10-3-4-12-20(18)29-2/h3-7,9-14,21-22H,8,15-16H2,1-2H3,(H,25,30)/t21-,22+/m0/s1. The van der Waals surface area contributed by atoms with Crippen molar-refractivity contribution in [3.05, 3.63) is 78.4 Å². The summed E-state index contributed by atoms with van der Waals surface area (Å²) in [6.07, 6.45) is 4.78. The molecule has 0 radical (unpaired) electrons. The molecule has 156 valence electrons. The van der Waals surface area contributed by atoms with Crippen LogP contribution in [0.4, 0.5) is 0 Å². The number of hydrogen-bond acceptors (Lipinski definition) is 4. The van der Waals surface area contributed by atoms with Gasteiger partial charge in [0.15, 0.2) is 5.11 Å². The molecule has 3 heterocycles. The highest BCUT2D eigenvalue weighted by atomic mass is 32.1. The highest BCUT2D eigenvalue weighted by molar-refractivity contribution is 7.80. The van der Waals surface area contributed by atoms with Crippen molar-refractivity contribution in [1.82, 2.24) is 19.8 Å². The number of nitrogens with zero attached hydrogens (tertiary/aromatic N) is 3. The number of ether oxygens (including phenoxy) is 2. The Balaban J connectivity index is 1.78. The van der Waals surface area contributed by atoms with Crippen LogP contribution in [-0.4, -0.2) is 46.9 Å². The minimum atomic E-state index is -0.0513. The Morgan fingerprint density at radius 1 is 1.07 bits per heavy atom. The minimum Gasteiger partial charge on any atom is -0.495 e. The Hall–Kier alpha value is -2.90. The molecule has 0 unspecified atom stereocenters. The summed E-state index contributed by atoms with van der Waals surface area (Å²) < 4.78 is 13.1. The fourth-order valence-electron chi connectivity index (χ4n) is 4.03. The van der Waals surface area contributed by atoms with Gasteiger partial charge in [-0.05, 0) is 55.0 Å². The molecule has 1 fully saturated rings. The number of thiocarbonyl (C=S) groups is 1. The summed E-state index contributed by atoms with van der Waals surface area (Å²) in [6.45, 7) is 1.48. The summed E-state index contributed by atoms with van der Waals surface area (Å²) >= 11 is 5.74. The van der Waals surface area contributed by atoms with E-state index < -0.39 is 0 Å². The van der Waals surface area contributed by atoms with Crippen LogP contribution >= 0.6 is 12.2 Å². The van der Waals surface area contributed by atoms with Gasteiger partial charge >= 0.3 is 0 Å². The summed E-state index contributed by atoms with van der Waals surface area (Å²) in [5.74, 6) is 0.823. The Labute approximate surface area is 182 Å². The van der Waals surface area contributed by atoms with Crippen molar-refractivity contribution in [3.63, 3.8) is 0 Å². The number of nitrogens with one attached hydrogen (secondary N) is 1. The first-order valence-corrected chi connectivity index (χ1v) is 10.4. The molecule has 0 aliphatic carbocycles. The first-order chi connectivity index (χ1) is 14.7. The fourth-order valence-corrected chi connectivity index (χ4v) is 4.36. The van der Waals surface area contributed by atoms with Gasteiger partial charge in [-0.1, -0.05) is 18.2 Å². The van der Waals surface area contributed by atoms with E-state index in [2.05, 4.69) is 44.2 Å². The van der Waals surface area contributed by atoms with E-state index in [0.29, 0.717) is 6.61 Å². The van der Waals surface area contributed by atoms with E-state index in [9.17, 15) is 0 Å². The van der Waals surface area contributed by atoms with E-state index in [1.54, 1.807) is 14.2 Å². The molecule has 30 heavy (non-hydrogen) atoms. The van der Waals surface area contributed by atoms with Crippen molar-refractivity contribution >= 4 is 17.3 Å². The number of para-hydroxylation sites is 2. The third-order valence-corrected chi connectivity index (χ3v) is 5.73. The van der Waals surface area contributed by atoms with Crippen LogP contribution in [0.2, 0.25) is 0 Å². The second kappa shape index (κ2) is 9.28. The normalized spacial score (nSPS) is 18.5. The number of methoxy groups -OCH3 is 2. The molecule has 0 saturated carbocycles. The number of benzene rings is 1. The summed E-state index contributed by atoms with van der Waals surface area (Å²) in [4.78, 5) is 6.86. The summed E-state index contributed by atoms with van der Waals surface area (Å²) in [6, 6.07) is 18.2. The van der Waals surface area contributed by atoms with E-state index >= 15 is 0 Å². The van der Waals surface area contributed by atoms with Gasteiger partial charge in [0.25, 0.3) is 0 Å². The zero-order chi connectivity index (χ0) is 20.9. The van der Waals surface area contributed by atoms with E-state index in [1.807, 2.05) is 42.6 Å². The summed E-state index contributed by atoms with van der Waals surface area (Å²) in [5, 5.41) is 4.24. The molecule has 1 saturated heterocycles. The summed E-state index contributed by atoms with van der Waals surface area (Å²) in [7, 11) is 3.42. The second-order valence-electron chi connectivity index (χ2n) is 7.14. The molecule has 2 atom stereocenters. The predicted molar refractivity (Wildman–Crippen MR) is 121 cm³/mol. The molecule has 2 aromatic heterocycles. The molecule has 0 spiro atoms. The molecular formula is C23H26N4O2S. The predicted octanol–water partition coefficient (Wildman–Crippen LogP) is 3.89. The lowest BCUT2D eigenvalue weighted by Crippen LogP contribution is -2.32. The average Bonchev–Trinajstić information content (AvgIpc) is 3.39. The van der Waals surface area contributed by atoms with Gasteiger partial charge in [0.1, 0.15) is 5.75 Å². The van der Waals surface area contributed by atoms with Crippen LogP contribution in [0.25, 0.3) is 5.69 Å². The molecule has 0 amide bonds. The highest BCUT2D eigenvalue weighted by Gasteiger charge is 2.41. The Morgan fingerprint density at radius 3 is 2.67 bits per heavy atom. The lowest BCUT2D eigenvalue weighted by atomic mass is 10.0. The van der Waals surface area contributed by atoms with Gasteiger partial charge in [-0.2, -0.15) is 0 Å². The molecule has 1 N–H and O–H groups in total. The Bertz CT molecular complexity index is 992. The Kier molecular flexibility index (Phi) is 6.30. The van der Waals surface area contributed by atoms with Gasteiger partial charge in [0, 0.05) is 38.3 Å². The maximum Gasteiger partial charge on any atom is 0.170 e. The van der Waals surface area contributed by atoms with Crippen LogP contribution in [0.1, 0.15) is 29.9 Å². The third-order valence-electron chi connectivity index (χ3n) is 5.37. The van der Waals surface area contributed by atoms with Crippen LogP contribution < -0.4 is 10.1 Å². The van der Waals surface area contributed by atoms with Crippen molar-refractivity contribution < 1.29 is 9.47 Å². The quantitative estimate of drug-likeness (QED) is 0.439. The van der Waals surface area contributed by atoms with Crippen LogP contribution in [0.15, 0.2) is 67.0 Å². The molecule has 1 aliphatic rings. The first-order valence-electron chi connectivity index (χ1n) is 10.0. The van der Waals surface area contributed by atoms with Gasteiger partial charge in [-0.15, -0.1) is 0 Å². The van der Waals surface area contributed by atoms with Crippen LogP contribution in [0.3, 0.4) is 0 Å². The molecule has 0 bridgehead atoms. The minimum absolute atomic E-state index is 0.0100. The lowest BCUT2D eigenvalue weighted by molar-refractivity contribution is 0.180. The van der Waals surface area contributed by atoms with Gasteiger partial charge in [0.2, 0.25) is 0 Å². The van der Waals surface area contributed by atoms with Crippen LogP contribution in [-0.2, 0) is 4.74 Å². The van der Waals surface area contributed by atoms with E-state index in [0.717, 1.165) is 40.9 Å². The van der Waals surface area contributed by atoms with Gasteiger partial charge in [0.05, 0.1) is 30.6 Å². The largest absolute Gasteiger partial charge is 0.495 e. The SMILES string of the molecule is COCCCN1C(=S)N[C@@H](c2ccccn2)[C@H]1c1cccn1-c1ccccc1OC. The molecule has 6 nitrogen and oxygen atoms in total. The first kappa shape index (κ1) is 20.4. The molecule has 1 aromatic carbocycles. The number of aromatic nitrogens is 2. The maximum atomic E-state index is 5.74. The number of pyridine rings is 1. The van der Waals surface area contributed by atoms with Crippen molar-refractivity contribution in [1.29, 1.82) is 0 Å². The van der Waals surface area contributed by atoms with Crippen molar-refractivity contribution in [2.24, 2.45) is 0 Å². The van der Waals surface area contributed by atoms with Crippen LogP contribution in [0.5, 0.6) is 5.75 Å². The summed E-state index contributed by atoms with van der Waals surface area (Å²) in [5.41, 5.74) is 3.08. The van der Waals surface area contributed by atoms with E-state index in [-0.39, 0.29) is 12.1 Å². The zero-order valence-corrected chi connectivity index (χ0v) is 18.0. The van der Waals surface area contributed by atoms with Crippen molar-refractivity contribution in [2.75, 3.05) is 27.4 Å². The zero-order valence-electron chi connectivity index (χ0n) is 17.2. The number of hydrogen-bond donors (Lipinski definition) is 1. The Morgan fingerprint density at radius 2 is 1.90 bits per heavy atom. The van der Waals surface area contributed by atoms with E-state index in [4.69, 9.17) is 21.7 Å². The monoisotopic (exact) mass is 422 g/mol. The molecule has 1 aliphatic heterocycles. The molecular weight excluding hydrogens is 396 g/mol. The third kappa shape index (κ3) is 3.91. The second-order valence-corrected chi connectivity index (χ2v) is 7.53. The smallest absolute Gasteiger partial charge is 0.170 e. The maximum absolute atomic E-state index is 5.74.